The highest BCUT2D eigenvalue weighted by Crippen LogP contribution is 2.19. The molecule has 0 aromatic heterocycles. The molecule has 0 saturated carbocycles. The molecule has 0 atom stereocenters. The molecule has 2 aromatic rings. The van der Waals surface area contributed by atoms with Gasteiger partial charge in [-0.1, -0.05) is 17.7 Å². The molecule has 0 saturated heterocycles. The number of anilines is 1. The number of hydrogen-bond acceptors (Lipinski definition) is 7. The fourth-order valence-corrected chi connectivity index (χ4v) is 3.85. The highest BCUT2D eigenvalue weighted by atomic mass is 32.2. The molecule has 0 heterocycles. The molecule has 6 nitrogen and oxygen atoms in total. The maximum absolute atomic E-state index is 12.3. The number of nitrogens with two attached hydrogens (primary N) is 1. The summed E-state index contributed by atoms with van der Waals surface area (Å²) >= 11 is 1.15. The fraction of sp³-hybridized carbons (Fsp3) is 0.333. The lowest BCUT2D eigenvalue weighted by Crippen LogP contribution is -2.28. The summed E-state index contributed by atoms with van der Waals surface area (Å²) in [5.74, 6) is 0.0341. The summed E-state index contributed by atoms with van der Waals surface area (Å²) < 4.78 is 29.7. The molecule has 2 aromatic carbocycles. The largest absolute Gasteiger partial charge is 0.399 e. The van der Waals surface area contributed by atoms with Crippen molar-refractivity contribution in [2.75, 3.05) is 38.2 Å². The Balaban J connectivity index is 1.64. The van der Waals surface area contributed by atoms with Crippen molar-refractivity contribution in [3.63, 3.8) is 0 Å². The summed E-state index contributed by atoms with van der Waals surface area (Å²) in [5, 5.41) is 0. The molecule has 0 aliphatic heterocycles. The number of rotatable bonds is 10. The van der Waals surface area contributed by atoms with Crippen LogP contribution in [0.3, 0.4) is 0 Å². The Labute approximate surface area is 159 Å². The number of aryl methyl sites for hydroxylation is 1. The van der Waals surface area contributed by atoms with Crippen molar-refractivity contribution in [2.24, 2.45) is 0 Å². The van der Waals surface area contributed by atoms with Crippen LogP contribution >= 0.6 is 12.0 Å². The van der Waals surface area contributed by atoms with Gasteiger partial charge in [-0.2, -0.15) is 4.33 Å². The standard InChI is InChI=1S/C18H24N2O4S2/c1-15-3-7-17(8-4-15)25-24-23-13-11-20(2)12-14-26(21,22)18-9-5-16(19)6-10-18/h3-10H,11-14,19H2,1-2H3. The topological polar surface area (TPSA) is 81.9 Å². The molecule has 0 spiro atoms. The van der Waals surface area contributed by atoms with E-state index in [0.29, 0.717) is 25.4 Å². The molecule has 142 valence electrons. The molecule has 8 heteroatoms. The molecule has 0 radical (unpaired) electrons. The highest BCUT2D eigenvalue weighted by Gasteiger charge is 2.15. The first-order valence-electron chi connectivity index (χ1n) is 8.16. The van der Waals surface area contributed by atoms with E-state index >= 15 is 0 Å². The second kappa shape index (κ2) is 9.94. The van der Waals surface area contributed by atoms with Gasteiger partial charge >= 0.3 is 0 Å². The minimum Gasteiger partial charge on any atom is -0.399 e. The van der Waals surface area contributed by atoms with Crippen LogP contribution < -0.4 is 5.73 Å². The van der Waals surface area contributed by atoms with Crippen molar-refractivity contribution in [3.8, 4) is 0 Å². The smallest absolute Gasteiger partial charge is 0.179 e. The third-order valence-corrected chi connectivity index (χ3v) is 6.08. The maximum Gasteiger partial charge on any atom is 0.179 e. The zero-order chi connectivity index (χ0) is 19.0. The Kier molecular flexibility index (Phi) is 7.92. The van der Waals surface area contributed by atoms with Crippen molar-refractivity contribution in [3.05, 3.63) is 54.1 Å². The second-order valence-electron chi connectivity index (χ2n) is 5.98. The monoisotopic (exact) mass is 396 g/mol. The number of nitrogen functional groups attached to an aromatic ring is 1. The van der Waals surface area contributed by atoms with Crippen LogP contribution in [-0.2, 0) is 19.1 Å². The van der Waals surface area contributed by atoms with Crippen molar-refractivity contribution in [1.29, 1.82) is 0 Å². The Morgan fingerprint density at radius 3 is 2.35 bits per heavy atom. The molecule has 0 unspecified atom stereocenters. The number of sulfone groups is 1. The van der Waals surface area contributed by atoms with E-state index < -0.39 is 9.84 Å². The van der Waals surface area contributed by atoms with E-state index in [1.165, 1.54) is 17.7 Å². The highest BCUT2D eigenvalue weighted by molar-refractivity contribution is 7.94. The molecule has 26 heavy (non-hydrogen) atoms. The normalized spacial score (nSPS) is 11.8. The van der Waals surface area contributed by atoms with E-state index in [-0.39, 0.29) is 10.6 Å². The van der Waals surface area contributed by atoms with Gasteiger partial charge in [0.2, 0.25) is 0 Å². The van der Waals surface area contributed by atoms with E-state index in [2.05, 4.69) is 0 Å². The lowest BCUT2D eigenvalue weighted by atomic mass is 10.2. The summed E-state index contributed by atoms with van der Waals surface area (Å²) in [6.07, 6.45) is 0. The van der Waals surface area contributed by atoms with Crippen molar-refractivity contribution in [2.45, 2.75) is 16.7 Å². The average molecular weight is 397 g/mol. The minimum absolute atomic E-state index is 0.0341. The lowest BCUT2D eigenvalue weighted by Gasteiger charge is -2.16. The van der Waals surface area contributed by atoms with Crippen molar-refractivity contribution >= 4 is 27.6 Å². The van der Waals surface area contributed by atoms with Crippen LogP contribution in [0.25, 0.3) is 0 Å². The molecule has 0 bridgehead atoms. The summed E-state index contributed by atoms with van der Waals surface area (Å²) in [4.78, 5) is 8.25. The van der Waals surface area contributed by atoms with Gasteiger partial charge in [0.15, 0.2) is 9.84 Å². The fourth-order valence-electron chi connectivity index (χ4n) is 2.07. The average Bonchev–Trinajstić information content (AvgIpc) is 2.62. The van der Waals surface area contributed by atoms with E-state index in [0.717, 1.165) is 16.9 Å². The van der Waals surface area contributed by atoms with Gasteiger partial charge in [-0.05, 0) is 50.4 Å². The Morgan fingerprint density at radius 1 is 1.04 bits per heavy atom. The SMILES string of the molecule is Cc1ccc(SOOCCN(C)CCS(=O)(=O)c2ccc(N)cc2)cc1. The zero-order valence-corrected chi connectivity index (χ0v) is 16.6. The Hall–Kier alpha value is -1.58. The summed E-state index contributed by atoms with van der Waals surface area (Å²) in [5.41, 5.74) is 7.31. The Bertz CT molecular complexity index is 778. The van der Waals surface area contributed by atoms with E-state index in [1.807, 2.05) is 43.1 Å². The first kappa shape index (κ1) is 20.7. The summed E-state index contributed by atoms with van der Waals surface area (Å²) in [7, 11) is -1.48. The van der Waals surface area contributed by atoms with Crippen molar-refractivity contribution < 1.29 is 17.6 Å². The van der Waals surface area contributed by atoms with E-state index in [9.17, 15) is 8.42 Å². The van der Waals surface area contributed by atoms with Gasteiger partial charge in [0, 0.05) is 23.7 Å². The van der Waals surface area contributed by atoms with Crippen LogP contribution in [0.15, 0.2) is 58.3 Å². The minimum atomic E-state index is -3.32. The van der Waals surface area contributed by atoms with Crippen LogP contribution in [0, 0.1) is 6.92 Å². The third-order valence-electron chi connectivity index (χ3n) is 3.74. The van der Waals surface area contributed by atoms with Crippen LogP contribution in [0.5, 0.6) is 0 Å². The molecular formula is C18H24N2O4S2. The lowest BCUT2D eigenvalue weighted by molar-refractivity contribution is -0.192. The number of nitrogens with zero attached hydrogens (tertiary/aromatic N) is 1. The van der Waals surface area contributed by atoms with E-state index in [4.69, 9.17) is 15.0 Å². The number of likely N-dealkylation sites (N-methyl/N-ethyl adjacent to an activating group) is 1. The van der Waals surface area contributed by atoms with Gasteiger partial charge in [-0.3, -0.25) is 0 Å². The van der Waals surface area contributed by atoms with Gasteiger partial charge in [0.05, 0.1) is 29.3 Å². The maximum atomic E-state index is 12.3. The van der Waals surface area contributed by atoms with Gasteiger partial charge in [-0.15, -0.1) is 0 Å². The van der Waals surface area contributed by atoms with Gasteiger partial charge in [0.25, 0.3) is 0 Å². The molecular weight excluding hydrogens is 372 g/mol. The quantitative estimate of drug-likeness (QED) is 0.217. The molecule has 0 aliphatic rings. The van der Waals surface area contributed by atoms with Crippen molar-refractivity contribution in [1.82, 2.24) is 4.90 Å². The first-order chi connectivity index (χ1) is 12.4. The van der Waals surface area contributed by atoms with E-state index in [1.54, 1.807) is 12.1 Å². The number of benzene rings is 2. The van der Waals surface area contributed by atoms with Crippen LogP contribution in [0.4, 0.5) is 5.69 Å². The third kappa shape index (κ3) is 6.97. The zero-order valence-electron chi connectivity index (χ0n) is 14.9. The Morgan fingerprint density at radius 2 is 1.69 bits per heavy atom. The summed E-state index contributed by atoms with van der Waals surface area (Å²) in [6.45, 7) is 3.33. The van der Waals surface area contributed by atoms with Crippen LogP contribution in [0.2, 0.25) is 0 Å². The predicted molar refractivity (Wildman–Crippen MR) is 104 cm³/mol. The second-order valence-corrected chi connectivity index (χ2v) is 8.86. The van der Waals surface area contributed by atoms with Gasteiger partial charge < -0.3 is 10.6 Å². The predicted octanol–water partition coefficient (Wildman–Crippen LogP) is 2.94. The molecule has 2 rings (SSSR count). The van der Waals surface area contributed by atoms with Crippen LogP contribution in [0.1, 0.15) is 5.56 Å². The van der Waals surface area contributed by atoms with Crippen LogP contribution in [-0.4, -0.2) is 45.8 Å². The molecule has 0 fully saturated rings. The molecule has 2 N–H and O–H groups in total. The number of hydrogen-bond donors (Lipinski definition) is 1. The first-order valence-corrected chi connectivity index (χ1v) is 10.6. The molecule has 0 amide bonds. The van der Waals surface area contributed by atoms with Gasteiger partial charge in [-0.25, -0.2) is 13.3 Å². The molecule has 0 aliphatic carbocycles. The van der Waals surface area contributed by atoms with Gasteiger partial charge in [0.1, 0.15) is 0 Å². The summed E-state index contributed by atoms with van der Waals surface area (Å²) in [6, 6.07) is 14.2.